The average Bonchev–Trinajstić information content (AvgIpc) is 3.75. The average molecular weight is 927 g/mol. The molecule has 0 radical (unpaired) electrons. The topological polar surface area (TPSA) is 43.6 Å². The highest BCUT2D eigenvalue weighted by Crippen LogP contribution is 2.41. The van der Waals surface area contributed by atoms with Crippen LogP contribution in [-0.4, -0.2) is 27.6 Å². The zero-order chi connectivity index (χ0) is 47.9. The minimum absolute atomic E-state index is 0.607. The normalized spacial score (nSPS) is 11.6. The lowest BCUT2D eigenvalue weighted by molar-refractivity contribution is 1.07. The van der Waals surface area contributed by atoms with Crippen molar-refractivity contribution in [3.8, 4) is 62.1 Å². The third-order valence-corrected chi connectivity index (χ3v) is 18.8. The van der Waals surface area contributed by atoms with E-state index in [2.05, 4.69) is 238 Å². The van der Waals surface area contributed by atoms with Gasteiger partial charge in [0.15, 0.2) is 25.5 Å². The summed E-state index contributed by atoms with van der Waals surface area (Å²) < 4.78 is 2.48. The number of benzene rings is 10. The zero-order valence-corrected chi connectivity index (χ0v) is 41.0. The van der Waals surface area contributed by atoms with Gasteiger partial charge in [-0.15, -0.1) is 0 Å². The van der Waals surface area contributed by atoms with Crippen LogP contribution in [-0.2, 0) is 0 Å². The molecule has 0 saturated carbocycles. The van der Waals surface area contributed by atoms with E-state index in [1.54, 1.807) is 0 Å². The molecule has 0 unspecified atom stereocenters. The Bertz CT molecular complexity index is 3710. The van der Waals surface area contributed by atoms with Crippen LogP contribution in [0.15, 0.2) is 249 Å². The Morgan fingerprint density at radius 1 is 0.324 bits per heavy atom. The van der Waals surface area contributed by atoms with Crippen molar-refractivity contribution in [2.75, 3.05) is 0 Å². The van der Waals surface area contributed by atoms with E-state index in [0.717, 1.165) is 44.5 Å². The summed E-state index contributed by atoms with van der Waals surface area (Å²) in [5.41, 5.74) is 14.5. The summed E-state index contributed by atoms with van der Waals surface area (Å²) in [4.78, 5) is 15.6. The van der Waals surface area contributed by atoms with Crippen LogP contribution in [0.2, 0.25) is 0 Å². The second kappa shape index (κ2) is 18.3. The molecule has 71 heavy (non-hydrogen) atoms. The van der Waals surface area contributed by atoms with Gasteiger partial charge in [-0.1, -0.05) is 236 Å². The maximum atomic E-state index is 5.25. The SMILES string of the molecule is Cc1cc(C)c(-c2ccc3c4ccccc4n(-c4cc(-c5nc(-c6ccccc6)nc(-c6ccccc6)n5)ccc4-c4cccc([Si](c5ccccc5)(c5ccccc5)c5ccccc5)c4)c3c2)c(C)c1. The second-order valence-corrected chi connectivity index (χ2v) is 22.4. The number of fused-ring (bicyclic) bond motifs is 3. The summed E-state index contributed by atoms with van der Waals surface area (Å²) in [6.07, 6.45) is 0. The Balaban J connectivity index is 1.16. The van der Waals surface area contributed by atoms with Gasteiger partial charge in [0.05, 0.1) is 16.7 Å². The summed E-state index contributed by atoms with van der Waals surface area (Å²) in [5, 5.41) is 7.69. The Kier molecular flexibility index (Phi) is 11.2. The van der Waals surface area contributed by atoms with Gasteiger partial charge in [0.2, 0.25) is 0 Å². The van der Waals surface area contributed by atoms with E-state index in [-0.39, 0.29) is 0 Å². The maximum absolute atomic E-state index is 5.25. The molecule has 0 bridgehead atoms. The van der Waals surface area contributed by atoms with Crippen LogP contribution in [0.5, 0.6) is 0 Å². The number of para-hydroxylation sites is 1. The minimum atomic E-state index is -2.87. The van der Waals surface area contributed by atoms with Crippen LogP contribution >= 0.6 is 0 Å². The molecule has 0 atom stereocenters. The molecule has 0 aliphatic carbocycles. The predicted octanol–water partition coefficient (Wildman–Crippen LogP) is 13.6. The highest BCUT2D eigenvalue weighted by molar-refractivity contribution is 7.19. The number of aromatic nitrogens is 4. The Morgan fingerprint density at radius 3 is 1.34 bits per heavy atom. The first-order chi connectivity index (χ1) is 34.9. The van der Waals surface area contributed by atoms with Gasteiger partial charge >= 0.3 is 0 Å². The van der Waals surface area contributed by atoms with Crippen molar-refractivity contribution in [2.45, 2.75) is 20.8 Å². The first kappa shape index (κ1) is 43.5. The van der Waals surface area contributed by atoms with Crippen LogP contribution in [0.4, 0.5) is 0 Å². The molecule has 0 N–H and O–H groups in total. The van der Waals surface area contributed by atoms with Gasteiger partial charge in [-0.3, -0.25) is 0 Å². The van der Waals surface area contributed by atoms with Gasteiger partial charge in [0.1, 0.15) is 0 Å². The molecular formula is C66H50N4Si. The Morgan fingerprint density at radius 2 is 0.775 bits per heavy atom. The van der Waals surface area contributed by atoms with E-state index < -0.39 is 8.07 Å². The molecule has 0 fully saturated rings. The van der Waals surface area contributed by atoms with Gasteiger partial charge in [0, 0.05) is 33.0 Å². The molecule has 0 aliphatic heterocycles. The number of hydrogen-bond donors (Lipinski definition) is 0. The zero-order valence-electron chi connectivity index (χ0n) is 40.0. The lowest BCUT2D eigenvalue weighted by Gasteiger charge is -2.34. The van der Waals surface area contributed by atoms with Crippen molar-refractivity contribution in [3.05, 3.63) is 265 Å². The molecule has 0 saturated heterocycles. The van der Waals surface area contributed by atoms with Crippen LogP contribution in [0, 0.1) is 20.8 Å². The maximum Gasteiger partial charge on any atom is 0.179 e. The standard InChI is InChI=1S/C66H50N4Si/c1-45-40-46(2)63(47(3)41-45)51-36-39-59-58-34-19-20-35-60(58)70(62(59)43-51)61-44-52(66-68-64(48-22-9-4-10-23-48)67-65(69-66)49-24-11-5-12-25-49)37-38-57(61)50-26-21-33-56(42-50)71(53-27-13-6-14-28-53,54-29-15-7-16-30-54)55-31-17-8-18-32-55/h4-44H,1-3H3. The minimum Gasteiger partial charge on any atom is -0.309 e. The first-order valence-electron chi connectivity index (χ1n) is 24.3. The van der Waals surface area contributed by atoms with Crippen LogP contribution < -0.4 is 20.7 Å². The van der Waals surface area contributed by atoms with Gasteiger partial charge < -0.3 is 4.57 Å². The fraction of sp³-hybridized carbons (Fsp3) is 0.0455. The number of nitrogens with zero attached hydrogens (tertiary/aromatic N) is 4. The van der Waals surface area contributed by atoms with Gasteiger partial charge in [0.25, 0.3) is 0 Å². The fourth-order valence-electron chi connectivity index (χ4n) is 11.0. The van der Waals surface area contributed by atoms with E-state index in [1.165, 1.54) is 59.3 Å². The fourth-order valence-corrected chi connectivity index (χ4v) is 15.8. The Hall–Kier alpha value is -8.77. The number of aryl methyl sites for hydroxylation is 3. The van der Waals surface area contributed by atoms with Crippen LogP contribution in [0.3, 0.4) is 0 Å². The van der Waals surface area contributed by atoms with Crippen molar-refractivity contribution in [1.29, 1.82) is 0 Å². The number of rotatable bonds is 10. The summed E-state index contributed by atoms with van der Waals surface area (Å²) in [5.74, 6) is 1.86. The largest absolute Gasteiger partial charge is 0.309 e. The molecule has 338 valence electrons. The molecule has 2 aromatic heterocycles. The summed E-state index contributed by atoms with van der Waals surface area (Å²) in [6.45, 7) is 6.64. The summed E-state index contributed by atoms with van der Waals surface area (Å²) in [6, 6.07) is 90.5. The highest BCUT2D eigenvalue weighted by atomic mass is 28.3. The molecule has 0 aliphatic rings. The van der Waals surface area contributed by atoms with Crippen molar-refractivity contribution in [3.63, 3.8) is 0 Å². The van der Waals surface area contributed by atoms with E-state index in [4.69, 9.17) is 15.0 Å². The summed E-state index contributed by atoms with van der Waals surface area (Å²) >= 11 is 0. The molecule has 10 aromatic carbocycles. The smallest absolute Gasteiger partial charge is 0.179 e. The van der Waals surface area contributed by atoms with Crippen molar-refractivity contribution < 1.29 is 0 Å². The second-order valence-electron chi connectivity index (χ2n) is 18.6. The Labute approximate surface area is 416 Å². The summed E-state index contributed by atoms with van der Waals surface area (Å²) in [7, 11) is -2.87. The van der Waals surface area contributed by atoms with E-state index in [0.29, 0.717) is 17.5 Å². The van der Waals surface area contributed by atoms with Crippen molar-refractivity contribution in [1.82, 2.24) is 19.5 Å². The third kappa shape index (κ3) is 7.77. The monoisotopic (exact) mass is 926 g/mol. The lowest BCUT2D eigenvalue weighted by Crippen LogP contribution is -2.74. The van der Waals surface area contributed by atoms with Gasteiger partial charge in [-0.05, 0) is 87.5 Å². The van der Waals surface area contributed by atoms with E-state index in [9.17, 15) is 0 Å². The van der Waals surface area contributed by atoms with Crippen molar-refractivity contribution in [2.24, 2.45) is 0 Å². The first-order valence-corrected chi connectivity index (χ1v) is 26.3. The molecule has 5 heteroatoms. The molecule has 2 heterocycles. The van der Waals surface area contributed by atoms with E-state index in [1.807, 2.05) is 36.4 Å². The predicted molar refractivity (Wildman–Crippen MR) is 299 cm³/mol. The molecule has 12 aromatic rings. The number of hydrogen-bond acceptors (Lipinski definition) is 3. The lowest BCUT2D eigenvalue weighted by atomic mass is 9.93. The van der Waals surface area contributed by atoms with Gasteiger partial charge in [-0.2, -0.15) is 0 Å². The van der Waals surface area contributed by atoms with Crippen LogP contribution in [0.1, 0.15) is 16.7 Å². The molecule has 0 spiro atoms. The molecule has 4 nitrogen and oxygen atoms in total. The quantitative estimate of drug-likeness (QED) is 0.101. The highest BCUT2D eigenvalue weighted by Gasteiger charge is 2.41. The van der Waals surface area contributed by atoms with Crippen LogP contribution in [0.25, 0.3) is 83.9 Å². The van der Waals surface area contributed by atoms with Gasteiger partial charge in [-0.25, -0.2) is 15.0 Å². The molecule has 12 rings (SSSR count). The molecular weight excluding hydrogens is 877 g/mol. The van der Waals surface area contributed by atoms with Crippen molar-refractivity contribution >= 4 is 50.6 Å². The third-order valence-electron chi connectivity index (χ3n) is 14.1. The van der Waals surface area contributed by atoms with E-state index >= 15 is 0 Å². The molecule has 0 amide bonds.